The van der Waals surface area contributed by atoms with Crippen molar-refractivity contribution in [2.75, 3.05) is 12.3 Å². The van der Waals surface area contributed by atoms with Gasteiger partial charge in [-0.3, -0.25) is 9.69 Å². The molecule has 2 heterocycles. The third-order valence-electron chi connectivity index (χ3n) is 2.96. The Kier molecular flexibility index (Phi) is 3.89. The lowest BCUT2D eigenvalue weighted by Crippen LogP contribution is -2.31. The van der Waals surface area contributed by atoms with Crippen molar-refractivity contribution in [1.29, 1.82) is 5.26 Å². The van der Waals surface area contributed by atoms with Crippen LogP contribution in [0.2, 0.25) is 0 Å². The summed E-state index contributed by atoms with van der Waals surface area (Å²) in [5, 5.41) is 8.97. The van der Waals surface area contributed by atoms with Crippen LogP contribution in [0.1, 0.15) is 10.5 Å². The summed E-state index contributed by atoms with van der Waals surface area (Å²) in [7, 11) is 0. The molecule has 6 nitrogen and oxygen atoms in total. The number of aliphatic imine (C=N–C) groups is 1. The second-order valence-corrected chi connectivity index (χ2v) is 5.41. The summed E-state index contributed by atoms with van der Waals surface area (Å²) >= 11 is 1.33. The standard InChI is InChI=1S/C14H9FN4O2S/c15-10-3-1-2-9(6-10)12-18-11(7-21-12)13(20)19-4-5-22-14(19)17-8-16/h1-3,6-7H,4-5H2. The minimum atomic E-state index is -0.414. The van der Waals surface area contributed by atoms with Crippen LogP contribution in [-0.4, -0.2) is 33.3 Å². The van der Waals surface area contributed by atoms with Crippen molar-refractivity contribution >= 4 is 22.8 Å². The molecular formula is C14H9FN4O2S. The Morgan fingerprint density at radius 1 is 1.55 bits per heavy atom. The molecule has 110 valence electrons. The van der Waals surface area contributed by atoms with Crippen molar-refractivity contribution in [3.05, 3.63) is 42.0 Å². The number of hydrogen-bond acceptors (Lipinski definition) is 6. The minimum absolute atomic E-state index is 0.0902. The zero-order chi connectivity index (χ0) is 15.5. The fourth-order valence-corrected chi connectivity index (χ4v) is 2.88. The number of halogens is 1. The SMILES string of the molecule is N#CN=C1SCCN1C(=O)c1coc(-c2cccc(F)c2)n1. The number of nitriles is 1. The number of carbonyl (C=O) groups is 1. The molecule has 1 aliphatic rings. The van der Waals surface area contributed by atoms with Crippen molar-refractivity contribution in [2.24, 2.45) is 4.99 Å². The molecule has 0 radical (unpaired) electrons. The molecule has 1 fully saturated rings. The first-order valence-corrected chi connectivity index (χ1v) is 7.30. The van der Waals surface area contributed by atoms with Gasteiger partial charge >= 0.3 is 0 Å². The second-order valence-electron chi connectivity index (χ2n) is 4.35. The molecule has 1 amide bonds. The van der Waals surface area contributed by atoms with Gasteiger partial charge in [-0.1, -0.05) is 17.8 Å². The van der Waals surface area contributed by atoms with Crippen molar-refractivity contribution < 1.29 is 13.6 Å². The Bertz CT molecular complexity index is 796. The predicted octanol–water partition coefficient (Wildman–Crippen LogP) is 2.51. The van der Waals surface area contributed by atoms with Gasteiger partial charge in [0.1, 0.15) is 12.1 Å². The molecule has 8 heteroatoms. The number of rotatable bonds is 2. The van der Waals surface area contributed by atoms with E-state index in [0.717, 1.165) is 0 Å². The molecule has 1 aromatic heterocycles. The van der Waals surface area contributed by atoms with Gasteiger partial charge in [0.2, 0.25) is 12.1 Å². The molecule has 0 spiro atoms. The minimum Gasteiger partial charge on any atom is -0.444 e. The maximum absolute atomic E-state index is 13.2. The van der Waals surface area contributed by atoms with Crippen molar-refractivity contribution in [1.82, 2.24) is 9.88 Å². The summed E-state index contributed by atoms with van der Waals surface area (Å²) in [6.07, 6.45) is 2.89. The molecule has 2 aromatic rings. The van der Waals surface area contributed by atoms with Crippen LogP contribution in [0.3, 0.4) is 0 Å². The Labute approximate surface area is 129 Å². The highest BCUT2D eigenvalue weighted by Crippen LogP contribution is 2.23. The summed E-state index contributed by atoms with van der Waals surface area (Å²) in [5.41, 5.74) is 0.535. The molecule has 0 N–H and O–H groups in total. The molecular weight excluding hydrogens is 307 g/mol. The summed E-state index contributed by atoms with van der Waals surface area (Å²) in [6, 6.07) is 5.75. The molecule has 3 rings (SSSR count). The fourth-order valence-electron chi connectivity index (χ4n) is 1.99. The monoisotopic (exact) mass is 316 g/mol. The summed E-state index contributed by atoms with van der Waals surface area (Å²) in [6.45, 7) is 0.451. The smallest absolute Gasteiger partial charge is 0.281 e. The van der Waals surface area contributed by atoms with Crippen molar-refractivity contribution in [3.8, 4) is 17.6 Å². The highest BCUT2D eigenvalue weighted by atomic mass is 32.2. The van der Waals surface area contributed by atoms with Gasteiger partial charge < -0.3 is 4.42 Å². The van der Waals surface area contributed by atoms with E-state index < -0.39 is 11.7 Å². The summed E-state index contributed by atoms with van der Waals surface area (Å²) < 4.78 is 18.5. The van der Waals surface area contributed by atoms with Gasteiger partial charge in [-0.15, -0.1) is 4.99 Å². The van der Waals surface area contributed by atoms with Gasteiger partial charge in [-0.2, -0.15) is 5.26 Å². The van der Waals surface area contributed by atoms with E-state index in [1.165, 1.54) is 41.1 Å². The number of aromatic nitrogens is 1. The van der Waals surface area contributed by atoms with Gasteiger partial charge in [0.05, 0.1) is 0 Å². The number of thioether (sulfide) groups is 1. The Balaban J connectivity index is 1.86. The van der Waals surface area contributed by atoms with Crippen LogP contribution in [-0.2, 0) is 0 Å². The second kappa shape index (κ2) is 5.99. The van der Waals surface area contributed by atoms with Crippen LogP contribution >= 0.6 is 11.8 Å². The first-order chi connectivity index (χ1) is 10.7. The molecule has 1 aromatic carbocycles. The van der Waals surface area contributed by atoms with Gasteiger partial charge in [0.25, 0.3) is 5.91 Å². The third-order valence-corrected chi connectivity index (χ3v) is 3.92. The van der Waals surface area contributed by atoms with Crippen LogP contribution in [0.25, 0.3) is 11.5 Å². The van der Waals surface area contributed by atoms with Crippen LogP contribution in [0.5, 0.6) is 0 Å². The van der Waals surface area contributed by atoms with Crippen LogP contribution in [0, 0.1) is 17.3 Å². The summed E-state index contributed by atoms with van der Waals surface area (Å²) in [4.78, 5) is 21.4. The van der Waals surface area contributed by atoms with Gasteiger partial charge in [0, 0.05) is 17.9 Å². The maximum atomic E-state index is 13.2. The van der Waals surface area contributed by atoms with Crippen molar-refractivity contribution in [2.45, 2.75) is 0 Å². The van der Waals surface area contributed by atoms with Gasteiger partial charge in [-0.25, -0.2) is 9.37 Å². The zero-order valence-electron chi connectivity index (χ0n) is 11.2. The first kappa shape index (κ1) is 14.3. The molecule has 1 saturated heterocycles. The molecule has 0 unspecified atom stereocenters. The van der Waals surface area contributed by atoms with E-state index in [0.29, 0.717) is 23.0 Å². The fraction of sp³-hybridized carbons (Fsp3) is 0.143. The Morgan fingerprint density at radius 3 is 3.18 bits per heavy atom. The zero-order valence-corrected chi connectivity index (χ0v) is 12.0. The predicted molar refractivity (Wildman–Crippen MR) is 78.4 cm³/mol. The highest BCUT2D eigenvalue weighted by Gasteiger charge is 2.29. The van der Waals surface area contributed by atoms with Crippen LogP contribution in [0.15, 0.2) is 39.9 Å². The molecule has 0 saturated carbocycles. The van der Waals surface area contributed by atoms with Gasteiger partial charge in [0.15, 0.2) is 10.9 Å². The number of oxazole rings is 1. The molecule has 0 atom stereocenters. The van der Waals surface area contributed by atoms with Crippen molar-refractivity contribution in [3.63, 3.8) is 0 Å². The van der Waals surface area contributed by atoms with E-state index in [1.54, 1.807) is 12.3 Å². The number of amides is 1. The maximum Gasteiger partial charge on any atom is 0.281 e. The van der Waals surface area contributed by atoms with E-state index in [-0.39, 0.29) is 11.6 Å². The lowest BCUT2D eigenvalue weighted by Gasteiger charge is -2.12. The number of benzene rings is 1. The van der Waals surface area contributed by atoms with Gasteiger partial charge in [-0.05, 0) is 18.2 Å². The number of hydrogen-bond donors (Lipinski definition) is 0. The van der Waals surface area contributed by atoms with E-state index in [2.05, 4.69) is 9.98 Å². The van der Waals surface area contributed by atoms with Crippen LogP contribution < -0.4 is 0 Å². The average Bonchev–Trinajstić information content (AvgIpc) is 3.16. The number of nitrogens with zero attached hydrogens (tertiary/aromatic N) is 4. The van der Waals surface area contributed by atoms with E-state index in [4.69, 9.17) is 9.68 Å². The molecule has 0 aliphatic carbocycles. The number of amidine groups is 1. The Morgan fingerprint density at radius 2 is 2.41 bits per heavy atom. The lowest BCUT2D eigenvalue weighted by atomic mass is 10.2. The number of carbonyl (C=O) groups excluding carboxylic acids is 1. The topological polar surface area (TPSA) is 82.5 Å². The first-order valence-electron chi connectivity index (χ1n) is 6.32. The highest BCUT2D eigenvalue weighted by molar-refractivity contribution is 8.14. The molecule has 0 bridgehead atoms. The van der Waals surface area contributed by atoms with E-state index >= 15 is 0 Å². The normalized spacial score (nSPS) is 16.0. The lowest BCUT2D eigenvalue weighted by molar-refractivity contribution is 0.0854. The Hall–Kier alpha value is -2.66. The molecule has 1 aliphatic heterocycles. The quantitative estimate of drug-likeness (QED) is 0.795. The average molecular weight is 316 g/mol. The largest absolute Gasteiger partial charge is 0.444 e. The summed E-state index contributed by atoms with van der Waals surface area (Å²) in [5.74, 6) is 0.0164. The van der Waals surface area contributed by atoms with E-state index in [9.17, 15) is 9.18 Å². The van der Waals surface area contributed by atoms with E-state index in [1.807, 2.05) is 0 Å². The van der Waals surface area contributed by atoms with Crippen LogP contribution in [0.4, 0.5) is 4.39 Å². The third kappa shape index (κ3) is 2.71. The molecule has 22 heavy (non-hydrogen) atoms.